The summed E-state index contributed by atoms with van der Waals surface area (Å²) in [6, 6.07) is 10.7. The van der Waals surface area contributed by atoms with Crippen molar-refractivity contribution in [3.63, 3.8) is 0 Å². The van der Waals surface area contributed by atoms with Gasteiger partial charge in [0, 0.05) is 5.69 Å². The van der Waals surface area contributed by atoms with Gasteiger partial charge in [0.1, 0.15) is 10.8 Å². The molecule has 3 nitrogen and oxygen atoms in total. The fraction of sp³-hybridized carbons (Fsp3) is 0.143. The lowest BCUT2D eigenvalue weighted by molar-refractivity contribution is 0.102. The van der Waals surface area contributed by atoms with E-state index in [2.05, 4.69) is 10.3 Å². The van der Waals surface area contributed by atoms with Crippen LogP contribution in [0.4, 0.5) is 5.69 Å². The lowest BCUT2D eigenvalue weighted by atomic mass is 10.1. The van der Waals surface area contributed by atoms with E-state index in [1.807, 2.05) is 31.2 Å². The van der Waals surface area contributed by atoms with Crippen LogP contribution in [0, 0.1) is 0 Å². The zero-order chi connectivity index (χ0) is 13.8. The zero-order valence-electron chi connectivity index (χ0n) is 10.3. The number of hydrogen-bond acceptors (Lipinski definition) is 2. The molecule has 0 spiro atoms. The zero-order valence-corrected chi connectivity index (χ0v) is 11.8. The summed E-state index contributed by atoms with van der Waals surface area (Å²) in [6.07, 6.45) is 0.827. The standard InChI is InChI=1S/C14H12Cl2N2O/c1-2-9-5-3-4-6-11(9)17-14(19)13-10(15)7-8-12(16)18-13/h3-8H,2H2,1H3,(H,17,19). The third kappa shape index (κ3) is 3.25. The average Bonchev–Trinajstić information content (AvgIpc) is 2.42. The molecule has 1 aromatic heterocycles. The number of pyridine rings is 1. The van der Waals surface area contributed by atoms with Gasteiger partial charge in [-0.25, -0.2) is 4.98 Å². The van der Waals surface area contributed by atoms with E-state index in [0.717, 1.165) is 17.7 Å². The Morgan fingerprint density at radius 1 is 1.21 bits per heavy atom. The molecule has 0 radical (unpaired) electrons. The molecule has 2 aromatic rings. The van der Waals surface area contributed by atoms with Crippen molar-refractivity contribution in [3.8, 4) is 0 Å². The first kappa shape index (κ1) is 13.8. The van der Waals surface area contributed by atoms with E-state index in [-0.39, 0.29) is 21.8 Å². The number of carbonyl (C=O) groups excluding carboxylic acids is 1. The number of rotatable bonds is 3. The van der Waals surface area contributed by atoms with E-state index in [4.69, 9.17) is 23.2 Å². The smallest absolute Gasteiger partial charge is 0.275 e. The van der Waals surface area contributed by atoms with Crippen molar-refractivity contribution in [1.82, 2.24) is 4.98 Å². The van der Waals surface area contributed by atoms with Gasteiger partial charge in [0.15, 0.2) is 0 Å². The molecule has 1 amide bonds. The summed E-state index contributed by atoms with van der Waals surface area (Å²) in [5, 5.41) is 3.31. The highest BCUT2D eigenvalue weighted by Crippen LogP contribution is 2.20. The third-order valence-corrected chi connectivity index (χ3v) is 3.19. The minimum absolute atomic E-state index is 0.125. The van der Waals surface area contributed by atoms with E-state index in [1.54, 1.807) is 12.1 Å². The number of carbonyl (C=O) groups is 1. The summed E-state index contributed by atoms with van der Waals surface area (Å²) >= 11 is 11.7. The molecule has 98 valence electrons. The van der Waals surface area contributed by atoms with Crippen LogP contribution in [0.15, 0.2) is 36.4 Å². The molecular weight excluding hydrogens is 283 g/mol. The molecule has 1 aromatic carbocycles. The summed E-state index contributed by atoms with van der Waals surface area (Å²) in [7, 11) is 0. The molecule has 0 unspecified atom stereocenters. The molecule has 1 heterocycles. The molecule has 19 heavy (non-hydrogen) atoms. The molecule has 0 saturated heterocycles. The lowest BCUT2D eigenvalue weighted by Gasteiger charge is -2.10. The van der Waals surface area contributed by atoms with Crippen molar-refractivity contribution in [3.05, 3.63) is 57.8 Å². The van der Waals surface area contributed by atoms with Crippen LogP contribution in [-0.2, 0) is 6.42 Å². The number of nitrogens with one attached hydrogen (secondary N) is 1. The Hall–Kier alpha value is -1.58. The van der Waals surface area contributed by atoms with Gasteiger partial charge in [-0.05, 0) is 30.2 Å². The maximum absolute atomic E-state index is 12.1. The molecule has 0 fully saturated rings. The van der Waals surface area contributed by atoms with Gasteiger partial charge in [0.25, 0.3) is 5.91 Å². The number of aromatic nitrogens is 1. The lowest BCUT2D eigenvalue weighted by Crippen LogP contribution is -2.15. The van der Waals surface area contributed by atoms with Gasteiger partial charge in [0.05, 0.1) is 5.02 Å². The van der Waals surface area contributed by atoms with Crippen LogP contribution in [0.3, 0.4) is 0 Å². The number of amides is 1. The first-order chi connectivity index (χ1) is 9.11. The van der Waals surface area contributed by atoms with Crippen molar-refractivity contribution in [2.45, 2.75) is 13.3 Å². The number of aryl methyl sites for hydroxylation is 1. The summed E-state index contributed by atoms with van der Waals surface area (Å²) in [4.78, 5) is 16.1. The third-order valence-electron chi connectivity index (χ3n) is 2.67. The Labute approximate surface area is 121 Å². The van der Waals surface area contributed by atoms with Crippen LogP contribution >= 0.6 is 23.2 Å². The van der Waals surface area contributed by atoms with E-state index >= 15 is 0 Å². The van der Waals surface area contributed by atoms with Crippen LogP contribution in [-0.4, -0.2) is 10.9 Å². The van der Waals surface area contributed by atoms with Gasteiger partial charge < -0.3 is 5.32 Å². The maximum Gasteiger partial charge on any atom is 0.275 e. The molecule has 0 saturated carbocycles. The normalized spacial score (nSPS) is 10.3. The molecular formula is C14H12Cl2N2O. The Kier molecular flexibility index (Phi) is 4.40. The van der Waals surface area contributed by atoms with E-state index in [1.165, 1.54) is 0 Å². The molecule has 2 rings (SSSR count). The summed E-state index contributed by atoms with van der Waals surface area (Å²) in [6.45, 7) is 2.02. The Morgan fingerprint density at radius 2 is 1.95 bits per heavy atom. The fourth-order valence-electron chi connectivity index (χ4n) is 1.71. The number of halogens is 2. The maximum atomic E-state index is 12.1. The van der Waals surface area contributed by atoms with E-state index in [0.29, 0.717) is 0 Å². The summed E-state index contributed by atoms with van der Waals surface area (Å²) in [5.41, 5.74) is 1.93. The molecule has 5 heteroatoms. The van der Waals surface area contributed by atoms with Crippen molar-refractivity contribution >= 4 is 34.8 Å². The molecule has 1 N–H and O–H groups in total. The number of anilines is 1. The minimum Gasteiger partial charge on any atom is -0.320 e. The van der Waals surface area contributed by atoms with Gasteiger partial charge in [0.2, 0.25) is 0 Å². The predicted molar refractivity (Wildman–Crippen MR) is 78.0 cm³/mol. The highest BCUT2D eigenvalue weighted by molar-refractivity contribution is 6.35. The van der Waals surface area contributed by atoms with Crippen LogP contribution < -0.4 is 5.32 Å². The molecule has 0 bridgehead atoms. The number of hydrogen-bond donors (Lipinski definition) is 1. The minimum atomic E-state index is -0.367. The molecule has 0 aliphatic carbocycles. The number of benzene rings is 1. The fourth-order valence-corrected chi connectivity index (χ4v) is 2.05. The summed E-state index contributed by atoms with van der Waals surface area (Å²) in [5.74, 6) is -0.367. The molecule has 0 aliphatic rings. The SMILES string of the molecule is CCc1ccccc1NC(=O)c1nc(Cl)ccc1Cl. The second-order valence-corrected chi connectivity index (χ2v) is 4.72. The van der Waals surface area contributed by atoms with Crippen LogP contribution in [0.25, 0.3) is 0 Å². The number of para-hydroxylation sites is 1. The molecule has 0 aliphatic heterocycles. The van der Waals surface area contributed by atoms with Crippen molar-refractivity contribution in [2.24, 2.45) is 0 Å². The Bertz CT molecular complexity index is 614. The van der Waals surface area contributed by atoms with Crippen molar-refractivity contribution in [1.29, 1.82) is 0 Å². The predicted octanol–water partition coefficient (Wildman–Crippen LogP) is 4.20. The van der Waals surface area contributed by atoms with Crippen LogP contribution in [0.1, 0.15) is 23.0 Å². The largest absolute Gasteiger partial charge is 0.320 e. The quantitative estimate of drug-likeness (QED) is 0.862. The Morgan fingerprint density at radius 3 is 2.68 bits per heavy atom. The topological polar surface area (TPSA) is 42.0 Å². The van der Waals surface area contributed by atoms with Gasteiger partial charge in [-0.3, -0.25) is 4.79 Å². The van der Waals surface area contributed by atoms with Gasteiger partial charge in [-0.15, -0.1) is 0 Å². The first-order valence-electron chi connectivity index (χ1n) is 5.83. The average molecular weight is 295 g/mol. The summed E-state index contributed by atoms with van der Waals surface area (Å²) < 4.78 is 0. The highest BCUT2D eigenvalue weighted by Gasteiger charge is 2.14. The Balaban J connectivity index is 2.28. The first-order valence-corrected chi connectivity index (χ1v) is 6.58. The van der Waals surface area contributed by atoms with E-state index in [9.17, 15) is 4.79 Å². The second-order valence-electron chi connectivity index (χ2n) is 3.93. The van der Waals surface area contributed by atoms with Crippen molar-refractivity contribution in [2.75, 3.05) is 5.32 Å². The highest BCUT2D eigenvalue weighted by atomic mass is 35.5. The number of nitrogens with zero attached hydrogens (tertiary/aromatic N) is 1. The molecule has 0 atom stereocenters. The van der Waals surface area contributed by atoms with E-state index < -0.39 is 0 Å². The van der Waals surface area contributed by atoms with Crippen LogP contribution in [0.2, 0.25) is 10.2 Å². The van der Waals surface area contributed by atoms with Crippen LogP contribution in [0.5, 0.6) is 0 Å². The van der Waals surface area contributed by atoms with Gasteiger partial charge in [-0.1, -0.05) is 48.3 Å². The second kappa shape index (κ2) is 6.04. The monoisotopic (exact) mass is 294 g/mol. The van der Waals surface area contributed by atoms with Gasteiger partial charge >= 0.3 is 0 Å². The van der Waals surface area contributed by atoms with Gasteiger partial charge in [-0.2, -0.15) is 0 Å². The van der Waals surface area contributed by atoms with Crippen molar-refractivity contribution < 1.29 is 4.79 Å².